The molecule has 0 saturated carbocycles. The zero-order chi connectivity index (χ0) is 13.2. The zero-order valence-corrected chi connectivity index (χ0v) is 12.0. The predicted molar refractivity (Wildman–Crippen MR) is 80.6 cm³/mol. The maximum Gasteiger partial charge on any atom is 0.0480 e. The largest absolute Gasteiger partial charge is 0.346 e. The van der Waals surface area contributed by atoms with E-state index in [9.17, 15) is 0 Å². The molecule has 0 atom stereocenters. The number of aromatic nitrogens is 1. The fourth-order valence-electron chi connectivity index (χ4n) is 2.84. The van der Waals surface area contributed by atoms with Crippen molar-refractivity contribution >= 4 is 10.9 Å². The lowest BCUT2D eigenvalue weighted by Crippen LogP contribution is -2.45. The molecule has 1 aromatic carbocycles. The molecule has 2 aromatic rings. The van der Waals surface area contributed by atoms with Gasteiger partial charge in [0.05, 0.1) is 0 Å². The van der Waals surface area contributed by atoms with Gasteiger partial charge in [-0.2, -0.15) is 0 Å². The first kappa shape index (κ1) is 12.7. The molecule has 0 amide bonds. The number of hydrogen-bond donors (Lipinski definition) is 0. The van der Waals surface area contributed by atoms with Gasteiger partial charge >= 0.3 is 0 Å². The fourth-order valence-corrected chi connectivity index (χ4v) is 2.84. The van der Waals surface area contributed by atoms with E-state index in [-0.39, 0.29) is 0 Å². The van der Waals surface area contributed by atoms with Crippen molar-refractivity contribution in [2.24, 2.45) is 0 Å². The smallest absolute Gasteiger partial charge is 0.0480 e. The summed E-state index contributed by atoms with van der Waals surface area (Å²) in [5.74, 6) is 0. The van der Waals surface area contributed by atoms with E-state index in [1.807, 2.05) is 0 Å². The molecule has 1 aromatic heterocycles. The number of benzene rings is 1. The number of rotatable bonds is 3. The highest BCUT2D eigenvalue weighted by Crippen LogP contribution is 2.17. The molecule has 1 fully saturated rings. The van der Waals surface area contributed by atoms with Gasteiger partial charge in [-0.15, -0.1) is 0 Å². The molecular formula is C16H23N3. The zero-order valence-electron chi connectivity index (χ0n) is 12.0. The minimum Gasteiger partial charge on any atom is -0.346 e. The quantitative estimate of drug-likeness (QED) is 0.835. The summed E-state index contributed by atoms with van der Waals surface area (Å²) >= 11 is 0. The summed E-state index contributed by atoms with van der Waals surface area (Å²) in [6.45, 7) is 9.21. The minimum absolute atomic E-state index is 1.09. The molecule has 0 aliphatic carbocycles. The second kappa shape index (κ2) is 5.35. The Kier molecular flexibility index (Phi) is 3.58. The molecular weight excluding hydrogens is 234 g/mol. The number of aryl methyl sites for hydroxylation is 1. The van der Waals surface area contributed by atoms with E-state index >= 15 is 0 Å². The summed E-state index contributed by atoms with van der Waals surface area (Å²) < 4.78 is 2.38. The minimum atomic E-state index is 1.09. The predicted octanol–water partition coefficient (Wildman–Crippen LogP) is 2.20. The monoisotopic (exact) mass is 257 g/mol. The third kappa shape index (κ3) is 2.82. The summed E-state index contributed by atoms with van der Waals surface area (Å²) in [5, 5.41) is 1.36. The first-order chi connectivity index (χ1) is 9.22. The summed E-state index contributed by atoms with van der Waals surface area (Å²) in [4.78, 5) is 4.98. The van der Waals surface area contributed by atoms with Gasteiger partial charge < -0.3 is 9.47 Å². The van der Waals surface area contributed by atoms with Crippen molar-refractivity contribution in [1.29, 1.82) is 0 Å². The lowest BCUT2D eigenvalue weighted by molar-refractivity contribution is 0.150. The number of hydrogen-bond acceptors (Lipinski definition) is 2. The highest BCUT2D eigenvalue weighted by Gasteiger charge is 2.13. The van der Waals surface area contributed by atoms with Gasteiger partial charge in [0.25, 0.3) is 0 Å². The maximum atomic E-state index is 2.57. The van der Waals surface area contributed by atoms with Crippen LogP contribution < -0.4 is 0 Å². The molecule has 3 rings (SSSR count). The highest BCUT2D eigenvalue weighted by atomic mass is 15.2. The van der Waals surface area contributed by atoms with Gasteiger partial charge in [-0.05, 0) is 37.6 Å². The van der Waals surface area contributed by atoms with Gasteiger partial charge in [-0.3, -0.25) is 4.90 Å². The van der Waals surface area contributed by atoms with Crippen LogP contribution in [0.5, 0.6) is 0 Å². The summed E-state index contributed by atoms with van der Waals surface area (Å²) in [6, 6.07) is 8.94. The molecule has 0 spiro atoms. The van der Waals surface area contributed by atoms with Crippen molar-refractivity contribution in [3.63, 3.8) is 0 Å². The number of likely N-dealkylation sites (N-methyl/N-ethyl adjacent to an activating group) is 1. The van der Waals surface area contributed by atoms with Crippen molar-refractivity contribution in [2.45, 2.75) is 13.5 Å². The highest BCUT2D eigenvalue weighted by molar-refractivity contribution is 5.80. The first-order valence-electron chi connectivity index (χ1n) is 7.19. The Morgan fingerprint density at radius 3 is 2.58 bits per heavy atom. The molecule has 1 aliphatic heterocycles. The van der Waals surface area contributed by atoms with E-state index in [0.717, 1.165) is 13.1 Å². The molecule has 2 heterocycles. The molecule has 102 valence electrons. The van der Waals surface area contributed by atoms with E-state index in [0.29, 0.717) is 0 Å². The number of nitrogens with zero attached hydrogens (tertiary/aromatic N) is 3. The van der Waals surface area contributed by atoms with Crippen LogP contribution in [0.3, 0.4) is 0 Å². The van der Waals surface area contributed by atoms with Crippen molar-refractivity contribution in [1.82, 2.24) is 14.4 Å². The van der Waals surface area contributed by atoms with Crippen molar-refractivity contribution in [3.8, 4) is 0 Å². The molecule has 1 aliphatic rings. The second-order valence-corrected chi connectivity index (χ2v) is 5.72. The number of fused-ring (bicyclic) bond motifs is 1. The van der Waals surface area contributed by atoms with Crippen LogP contribution in [-0.4, -0.2) is 54.1 Å². The topological polar surface area (TPSA) is 11.4 Å². The van der Waals surface area contributed by atoms with Crippen LogP contribution in [0.1, 0.15) is 5.56 Å². The number of piperazine rings is 1. The molecule has 0 N–H and O–H groups in total. The fraction of sp³-hybridized carbons (Fsp3) is 0.500. The molecule has 3 nitrogen and oxygen atoms in total. The second-order valence-electron chi connectivity index (χ2n) is 5.72. The van der Waals surface area contributed by atoms with Gasteiger partial charge in [0.15, 0.2) is 0 Å². The van der Waals surface area contributed by atoms with Crippen LogP contribution >= 0.6 is 0 Å². The maximum absolute atomic E-state index is 2.57. The van der Waals surface area contributed by atoms with E-state index in [1.165, 1.54) is 42.6 Å². The molecule has 0 bridgehead atoms. The third-order valence-electron chi connectivity index (χ3n) is 4.18. The van der Waals surface area contributed by atoms with Gasteiger partial charge in [0.2, 0.25) is 0 Å². The Morgan fingerprint density at radius 1 is 1.00 bits per heavy atom. The normalized spacial score (nSPS) is 18.2. The van der Waals surface area contributed by atoms with Gasteiger partial charge in [-0.25, -0.2) is 0 Å². The standard InChI is InChI=1S/C16H23N3/c1-14-3-4-16-15(13-14)5-6-19(16)12-11-18-9-7-17(2)8-10-18/h3-6,13H,7-12H2,1-2H3. The van der Waals surface area contributed by atoms with Crippen LogP contribution in [-0.2, 0) is 6.54 Å². The summed E-state index contributed by atoms with van der Waals surface area (Å²) in [6.07, 6.45) is 2.22. The lowest BCUT2D eigenvalue weighted by atomic mass is 10.2. The molecule has 0 radical (unpaired) electrons. The van der Waals surface area contributed by atoms with E-state index in [4.69, 9.17) is 0 Å². The molecule has 1 saturated heterocycles. The van der Waals surface area contributed by atoms with E-state index < -0.39 is 0 Å². The van der Waals surface area contributed by atoms with E-state index in [2.05, 4.69) is 58.8 Å². The summed E-state index contributed by atoms with van der Waals surface area (Å²) in [7, 11) is 2.21. The lowest BCUT2D eigenvalue weighted by Gasteiger charge is -2.32. The van der Waals surface area contributed by atoms with Crippen LogP contribution in [0, 0.1) is 6.92 Å². The van der Waals surface area contributed by atoms with Crippen molar-refractivity contribution in [3.05, 3.63) is 36.0 Å². The Morgan fingerprint density at radius 2 is 1.79 bits per heavy atom. The Balaban J connectivity index is 1.65. The van der Waals surface area contributed by atoms with Gasteiger partial charge in [0.1, 0.15) is 0 Å². The summed E-state index contributed by atoms with van der Waals surface area (Å²) in [5.41, 5.74) is 2.70. The van der Waals surface area contributed by atoms with Gasteiger partial charge in [-0.1, -0.05) is 11.6 Å². The average Bonchev–Trinajstić information content (AvgIpc) is 2.80. The Hall–Kier alpha value is -1.32. The van der Waals surface area contributed by atoms with Crippen LogP contribution in [0.25, 0.3) is 10.9 Å². The average molecular weight is 257 g/mol. The van der Waals surface area contributed by atoms with Crippen molar-refractivity contribution < 1.29 is 0 Å². The Labute approximate surface area is 115 Å². The van der Waals surface area contributed by atoms with E-state index in [1.54, 1.807) is 0 Å². The third-order valence-corrected chi connectivity index (χ3v) is 4.18. The van der Waals surface area contributed by atoms with Crippen LogP contribution in [0.15, 0.2) is 30.5 Å². The first-order valence-corrected chi connectivity index (χ1v) is 7.19. The van der Waals surface area contributed by atoms with Gasteiger partial charge in [0, 0.05) is 51.0 Å². The van der Waals surface area contributed by atoms with Crippen LogP contribution in [0.2, 0.25) is 0 Å². The molecule has 0 unspecified atom stereocenters. The van der Waals surface area contributed by atoms with Crippen LogP contribution in [0.4, 0.5) is 0 Å². The van der Waals surface area contributed by atoms with Crippen molar-refractivity contribution in [2.75, 3.05) is 39.8 Å². The SMILES string of the molecule is Cc1ccc2c(ccn2CCN2CCN(C)CC2)c1. The molecule has 19 heavy (non-hydrogen) atoms. The Bertz CT molecular complexity index is 550. The molecule has 3 heteroatoms.